The molecule has 2 aliphatic rings. The molecule has 3 unspecified atom stereocenters. The van der Waals surface area contributed by atoms with E-state index < -0.39 is 5.97 Å². The molecule has 1 saturated carbocycles. The Hall–Kier alpha value is -1.10. The summed E-state index contributed by atoms with van der Waals surface area (Å²) < 4.78 is 5.13. The highest BCUT2D eigenvalue weighted by Crippen LogP contribution is 2.31. The minimum Gasteiger partial charge on any atom is -0.481 e. The molecular weight excluding hydrogens is 246 g/mol. The zero-order valence-electron chi connectivity index (χ0n) is 11.5. The zero-order chi connectivity index (χ0) is 13.8. The van der Waals surface area contributed by atoms with Crippen LogP contribution in [0, 0.1) is 17.8 Å². The molecule has 0 aromatic heterocycles. The molecule has 0 aromatic rings. The number of ether oxygens (including phenoxy) is 1. The van der Waals surface area contributed by atoms with E-state index >= 15 is 0 Å². The maximum atomic E-state index is 12.4. The monoisotopic (exact) mass is 269 g/mol. The van der Waals surface area contributed by atoms with Gasteiger partial charge in [0.15, 0.2) is 0 Å². The number of aliphatic carboxylic acids is 1. The van der Waals surface area contributed by atoms with Crippen molar-refractivity contribution in [2.75, 3.05) is 26.8 Å². The van der Waals surface area contributed by atoms with E-state index in [9.17, 15) is 9.59 Å². The van der Waals surface area contributed by atoms with Crippen LogP contribution in [0.1, 0.15) is 32.1 Å². The third kappa shape index (κ3) is 3.47. The number of methoxy groups -OCH3 is 1. The Bertz CT molecular complexity index is 344. The molecule has 0 spiro atoms. The van der Waals surface area contributed by atoms with E-state index in [4.69, 9.17) is 9.84 Å². The molecule has 1 heterocycles. The topological polar surface area (TPSA) is 66.8 Å². The second-order valence-electron chi connectivity index (χ2n) is 5.79. The fourth-order valence-corrected chi connectivity index (χ4v) is 3.30. The van der Waals surface area contributed by atoms with Crippen molar-refractivity contribution in [3.8, 4) is 0 Å². The molecule has 1 aliphatic heterocycles. The van der Waals surface area contributed by atoms with Crippen molar-refractivity contribution < 1.29 is 19.4 Å². The second kappa shape index (κ2) is 6.37. The minimum absolute atomic E-state index is 0.0869. The Labute approximate surface area is 113 Å². The highest BCUT2D eigenvalue weighted by Gasteiger charge is 2.35. The molecule has 5 heteroatoms. The minimum atomic E-state index is -0.754. The van der Waals surface area contributed by atoms with Crippen LogP contribution in [0.5, 0.6) is 0 Å². The van der Waals surface area contributed by atoms with Gasteiger partial charge < -0.3 is 14.7 Å². The maximum Gasteiger partial charge on any atom is 0.306 e. The summed E-state index contributed by atoms with van der Waals surface area (Å²) in [7, 11) is 1.68. The molecule has 1 aliphatic carbocycles. The Balaban J connectivity index is 1.87. The van der Waals surface area contributed by atoms with Gasteiger partial charge in [0.2, 0.25) is 5.91 Å². The summed E-state index contributed by atoms with van der Waals surface area (Å²) >= 11 is 0. The first-order chi connectivity index (χ1) is 9.11. The molecular formula is C14H23NO4. The highest BCUT2D eigenvalue weighted by molar-refractivity contribution is 5.80. The van der Waals surface area contributed by atoms with Gasteiger partial charge in [0.25, 0.3) is 0 Å². The van der Waals surface area contributed by atoms with E-state index in [2.05, 4.69) is 0 Å². The molecule has 5 nitrogen and oxygen atoms in total. The van der Waals surface area contributed by atoms with Crippen LogP contribution in [0.2, 0.25) is 0 Å². The van der Waals surface area contributed by atoms with Gasteiger partial charge in [-0.2, -0.15) is 0 Å². The SMILES string of the molecule is COCC1CCN(C(=O)C2CCCC(C(=O)O)C2)C1. The van der Waals surface area contributed by atoms with Gasteiger partial charge in [0.05, 0.1) is 12.5 Å². The fourth-order valence-electron chi connectivity index (χ4n) is 3.30. The third-order valence-electron chi connectivity index (χ3n) is 4.37. The zero-order valence-corrected chi connectivity index (χ0v) is 11.5. The van der Waals surface area contributed by atoms with Gasteiger partial charge >= 0.3 is 5.97 Å². The van der Waals surface area contributed by atoms with E-state index in [1.54, 1.807) is 7.11 Å². The summed E-state index contributed by atoms with van der Waals surface area (Å²) in [6.07, 6.45) is 3.91. The lowest BCUT2D eigenvalue weighted by molar-refractivity contribution is -0.145. The summed E-state index contributed by atoms with van der Waals surface area (Å²) in [5.41, 5.74) is 0. The number of carbonyl (C=O) groups is 2. The Kier molecular flexibility index (Phi) is 4.80. The van der Waals surface area contributed by atoms with E-state index in [-0.39, 0.29) is 17.7 Å². The highest BCUT2D eigenvalue weighted by atomic mass is 16.5. The normalized spacial score (nSPS) is 31.4. The number of amides is 1. The van der Waals surface area contributed by atoms with Crippen molar-refractivity contribution in [3.63, 3.8) is 0 Å². The fraction of sp³-hybridized carbons (Fsp3) is 0.857. The maximum absolute atomic E-state index is 12.4. The summed E-state index contributed by atoms with van der Waals surface area (Å²) in [5.74, 6) is -0.579. The quantitative estimate of drug-likeness (QED) is 0.837. The molecule has 0 radical (unpaired) electrons. The average molecular weight is 269 g/mol. The first-order valence-corrected chi connectivity index (χ1v) is 7.12. The van der Waals surface area contributed by atoms with Gasteiger partial charge in [0.1, 0.15) is 0 Å². The van der Waals surface area contributed by atoms with Crippen LogP contribution in [0.3, 0.4) is 0 Å². The number of carboxylic acid groups (broad SMARTS) is 1. The van der Waals surface area contributed by atoms with Crippen LogP contribution >= 0.6 is 0 Å². The van der Waals surface area contributed by atoms with Gasteiger partial charge in [-0.1, -0.05) is 6.42 Å². The Morgan fingerprint density at radius 3 is 2.68 bits per heavy atom. The predicted octanol–water partition coefficient (Wildman–Crippen LogP) is 1.37. The van der Waals surface area contributed by atoms with E-state index in [0.717, 1.165) is 32.4 Å². The van der Waals surface area contributed by atoms with E-state index in [1.807, 2.05) is 4.90 Å². The summed E-state index contributed by atoms with van der Waals surface area (Å²) in [5, 5.41) is 9.07. The molecule has 1 saturated heterocycles. The first kappa shape index (κ1) is 14.3. The number of hydrogen-bond acceptors (Lipinski definition) is 3. The number of nitrogens with zero attached hydrogens (tertiary/aromatic N) is 1. The van der Waals surface area contributed by atoms with Gasteiger partial charge in [-0.15, -0.1) is 0 Å². The van der Waals surface area contributed by atoms with Crippen molar-refractivity contribution in [2.24, 2.45) is 17.8 Å². The molecule has 3 atom stereocenters. The summed E-state index contributed by atoms with van der Waals surface area (Å²) in [6.45, 7) is 2.26. The Morgan fingerprint density at radius 2 is 2.00 bits per heavy atom. The van der Waals surface area contributed by atoms with Crippen molar-refractivity contribution in [2.45, 2.75) is 32.1 Å². The molecule has 0 bridgehead atoms. The van der Waals surface area contributed by atoms with Crippen molar-refractivity contribution in [3.05, 3.63) is 0 Å². The molecule has 0 aromatic carbocycles. The molecule has 19 heavy (non-hydrogen) atoms. The smallest absolute Gasteiger partial charge is 0.306 e. The van der Waals surface area contributed by atoms with Gasteiger partial charge in [-0.3, -0.25) is 9.59 Å². The van der Waals surface area contributed by atoms with Crippen LogP contribution in [0.15, 0.2) is 0 Å². The molecule has 2 rings (SSSR count). The Morgan fingerprint density at radius 1 is 1.26 bits per heavy atom. The summed E-state index contributed by atoms with van der Waals surface area (Å²) in [6, 6.07) is 0. The van der Waals surface area contributed by atoms with Crippen LogP contribution in [-0.2, 0) is 14.3 Å². The lowest BCUT2D eigenvalue weighted by Gasteiger charge is -2.29. The van der Waals surface area contributed by atoms with Gasteiger partial charge in [-0.25, -0.2) is 0 Å². The number of carboxylic acids is 1. The molecule has 108 valence electrons. The van der Waals surface area contributed by atoms with Crippen LogP contribution in [0.4, 0.5) is 0 Å². The second-order valence-corrected chi connectivity index (χ2v) is 5.79. The summed E-state index contributed by atoms with van der Waals surface area (Å²) in [4.78, 5) is 25.4. The van der Waals surface area contributed by atoms with Crippen LogP contribution in [-0.4, -0.2) is 48.7 Å². The number of rotatable bonds is 4. The van der Waals surface area contributed by atoms with Gasteiger partial charge in [-0.05, 0) is 25.7 Å². The molecule has 1 N–H and O–H groups in total. The van der Waals surface area contributed by atoms with Crippen molar-refractivity contribution >= 4 is 11.9 Å². The first-order valence-electron chi connectivity index (χ1n) is 7.12. The predicted molar refractivity (Wildman–Crippen MR) is 69.6 cm³/mol. The number of carbonyl (C=O) groups excluding carboxylic acids is 1. The van der Waals surface area contributed by atoms with Crippen LogP contribution in [0.25, 0.3) is 0 Å². The van der Waals surface area contributed by atoms with E-state index in [1.165, 1.54) is 0 Å². The number of likely N-dealkylation sites (tertiary alicyclic amines) is 1. The standard InChI is InChI=1S/C14H23NO4/c1-19-9-10-5-6-15(8-10)13(16)11-3-2-4-12(7-11)14(17)18/h10-12H,2-9H2,1H3,(H,17,18). The van der Waals surface area contributed by atoms with Crippen molar-refractivity contribution in [1.29, 1.82) is 0 Å². The molecule has 2 fully saturated rings. The molecule has 1 amide bonds. The van der Waals surface area contributed by atoms with Gasteiger partial charge in [0, 0.05) is 32.0 Å². The lowest BCUT2D eigenvalue weighted by Crippen LogP contribution is -2.38. The lowest BCUT2D eigenvalue weighted by atomic mass is 9.81. The number of hydrogen-bond donors (Lipinski definition) is 1. The van der Waals surface area contributed by atoms with Crippen molar-refractivity contribution in [1.82, 2.24) is 4.90 Å². The largest absolute Gasteiger partial charge is 0.481 e. The van der Waals surface area contributed by atoms with Crippen LogP contribution < -0.4 is 0 Å². The third-order valence-corrected chi connectivity index (χ3v) is 4.37. The average Bonchev–Trinajstić information content (AvgIpc) is 2.87. The van der Waals surface area contributed by atoms with E-state index in [0.29, 0.717) is 25.4 Å².